The quantitative estimate of drug-likeness (QED) is 0.692. The molecule has 2 fully saturated rings. The van der Waals surface area contributed by atoms with Gasteiger partial charge in [-0.25, -0.2) is 0 Å². The van der Waals surface area contributed by atoms with Gasteiger partial charge in [0.25, 0.3) is 0 Å². The molecule has 76 valence electrons. The molecule has 0 spiro atoms. The largest absolute Gasteiger partial charge is 0.313 e. The molecule has 0 aromatic rings. The summed E-state index contributed by atoms with van der Waals surface area (Å²) in [7, 11) is 0. The third kappa shape index (κ3) is 2.96. The summed E-state index contributed by atoms with van der Waals surface area (Å²) in [4.78, 5) is 2.64. The molecule has 1 saturated heterocycles. The van der Waals surface area contributed by atoms with Gasteiger partial charge in [0, 0.05) is 19.1 Å². The van der Waals surface area contributed by atoms with E-state index in [1.54, 1.807) is 0 Å². The maximum absolute atomic E-state index is 3.61. The van der Waals surface area contributed by atoms with Crippen LogP contribution in [-0.4, -0.2) is 37.1 Å². The maximum atomic E-state index is 3.61. The van der Waals surface area contributed by atoms with Crippen molar-refractivity contribution >= 4 is 0 Å². The number of rotatable bonds is 5. The minimum Gasteiger partial charge on any atom is -0.313 e. The molecule has 0 aromatic carbocycles. The summed E-state index contributed by atoms with van der Waals surface area (Å²) in [5.74, 6) is 1.06. The number of hydrogen-bond acceptors (Lipinski definition) is 2. The van der Waals surface area contributed by atoms with Crippen LogP contribution in [0.1, 0.15) is 32.6 Å². The van der Waals surface area contributed by atoms with Crippen LogP contribution in [0.25, 0.3) is 0 Å². The van der Waals surface area contributed by atoms with Crippen LogP contribution < -0.4 is 5.32 Å². The lowest BCUT2D eigenvalue weighted by molar-refractivity contribution is 0.314. The summed E-state index contributed by atoms with van der Waals surface area (Å²) in [6.45, 7) is 7.45. The molecule has 1 aliphatic heterocycles. The van der Waals surface area contributed by atoms with Gasteiger partial charge in [0.2, 0.25) is 0 Å². The third-order valence-electron chi connectivity index (χ3n) is 3.17. The van der Waals surface area contributed by atoms with Crippen molar-refractivity contribution in [3.05, 3.63) is 0 Å². The second kappa shape index (κ2) is 4.43. The number of likely N-dealkylation sites (tertiary alicyclic amines) is 1. The topological polar surface area (TPSA) is 15.3 Å². The zero-order valence-electron chi connectivity index (χ0n) is 8.76. The van der Waals surface area contributed by atoms with Crippen LogP contribution in [0.4, 0.5) is 0 Å². The van der Waals surface area contributed by atoms with Gasteiger partial charge in [-0.3, -0.25) is 0 Å². The molecule has 0 amide bonds. The van der Waals surface area contributed by atoms with E-state index < -0.39 is 0 Å². The SMILES string of the molecule is CCCNC1CCN(CC2CC2)C1. The Bertz CT molecular complexity index is 154. The summed E-state index contributed by atoms with van der Waals surface area (Å²) in [6.07, 6.45) is 5.61. The van der Waals surface area contributed by atoms with Gasteiger partial charge in [-0.1, -0.05) is 6.92 Å². The Morgan fingerprint density at radius 3 is 2.85 bits per heavy atom. The molecule has 0 radical (unpaired) electrons. The smallest absolute Gasteiger partial charge is 0.0207 e. The minimum atomic E-state index is 0.790. The number of nitrogens with one attached hydrogen (secondary N) is 1. The van der Waals surface area contributed by atoms with E-state index in [-0.39, 0.29) is 0 Å². The molecule has 1 unspecified atom stereocenters. The van der Waals surface area contributed by atoms with Crippen molar-refractivity contribution in [2.45, 2.75) is 38.6 Å². The van der Waals surface area contributed by atoms with Gasteiger partial charge in [0.15, 0.2) is 0 Å². The molecule has 1 heterocycles. The second-order valence-corrected chi connectivity index (χ2v) is 4.64. The molecule has 1 saturated carbocycles. The van der Waals surface area contributed by atoms with Gasteiger partial charge in [0.1, 0.15) is 0 Å². The Labute approximate surface area is 81.7 Å². The molecule has 1 atom stereocenters. The molecule has 2 aliphatic rings. The van der Waals surface area contributed by atoms with Crippen LogP contribution in [0.5, 0.6) is 0 Å². The van der Waals surface area contributed by atoms with Crippen LogP contribution in [0.2, 0.25) is 0 Å². The normalized spacial score (nSPS) is 29.8. The van der Waals surface area contributed by atoms with Gasteiger partial charge in [-0.15, -0.1) is 0 Å². The first-order valence-electron chi connectivity index (χ1n) is 5.84. The van der Waals surface area contributed by atoms with Crippen LogP contribution in [0.3, 0.4) is 0 Å². The fraction of sp³-hybridized carbons (Fsp3) is 1.00. The highest BCUT2D eigenvalue weighted by molar-refractivity contribution is 4.85. The highest BCUT2D eigenvalue weighted by Gasteiger charge is 2.28. The second-order valence-electron chi connectivity index (χ2n) is 4.64. The first-order valence-corrected chi connectivity index (χ1v) is 5.84. The van der Waals surface area contributed by atoms with Crippen molar-refractivity contribution in [3.63, 3.8) is 0 Å². The lowest BCUT2D eigenvalue weighted by Gasteiger charge is -2.15. The van der Waals surface area contributed by atoms with E-state index in [2.05, 4.69) is 17.1 Å². The lowest BCUT2D eigenvalue weighted by atomic mass is 10.2. The summed E-state index contributed by atoms with van der Waals surface area (Å²) in [6, 6.07) is 0.790. The van der Waals surface area contributed by atoms with Gasteiger partial charge < -0.3 is 10.2 Å². The number of hydrogen-bond donors (Lipinski definition) is 1. The molecule has 13 heavy (non-hydrogen) atoms. The highest BCUT2D eigenvalue weighted by Crippen LogP contribution is 2.30. The average molecular weight is 182 g/mol. The van der Waals surface area contributed by atoms with Crippen molar-refractivity contribution < 1.29 is 0 Å². The van der Waals surface area contributed by atoms with E-state index >= 15 is 0 Å². The lowest BCUT2D eigenvalue weighted by Crippen LogP contribution is -2.33. The minimum absolute atomic E-state index is 0.790. The van der Waals surface area contributed by atoms with Crippen molar-refractivity contribution in [2.75, 3.05) is 26.2 Å². The highest BCUT2D eigenvalue weighted by atomic mass is 15.2. The molecular weight excluding hydrogens is 160 g/mol. The molecule has 0 aromatic heterocycles. The fourth-order valence-electron chi connectivity index (χ4n) is 2.18. The Morgan fingerprint density at radius 2 is 2.15 bits per heavy atom. The van der Waals surface area contributed by atoms with Gasteiger partial charge >= 0.3 is 0 Å². The number of nitrogens with zero attached hydrogens (tertiary/aromatic N) is 1. The first kappa shape index (κ1) is 9.47. The van der Waals surface area contributed by atoms with E-state index in [0.29, 0.717) is 0 Å². The third-order valence-corrected chi connectivity index (χ3v) is 3.17. The zero-order chi connectivity index (χ0) is 9.10. The Morgan fingerprint density at radius 1 is 1.31 bits per heavy atom. The van der Waals surface area contributed by atoms with Crippen LogP contribution in [0, 0.1) is 5.92 Å². The van der Waals surface area contributed by atoms with Crippen molar-refractivity contribution in [2.24, 2.45) is 5.92 Å². The zero-order valence-corrected chi connectivity index (χ0v) is 8.76. The Kier molecular flexibility index (Phi) is 3.23. The van der Waals surface area contributed by atoms with Crippen LogP contribution in [-0.2, 0) is 0 Å². The molecule has 1 N–H and O–H groups in total. The predicted octanol–water partition coefficient (Wildman–Crippen LogP) is 1.47. The maximum Gasteiger partial charge on any atom is 0.0207 e. The predicted molar refractivity (Wildman–Crippen MR) is 55.9 cm³/mol. The van der Waals surface area contributed by atoms with Crippen molar-refractivity contribution in [1.29, 1.82) is 0 Å². The van der Waals surface area contributed by atoms with E-state index in [1.807, 2.05) is 0 Å². The van der Waals surface area contributed by atoms with Crippen molar-refractivity contribution in [3.8, 4) is 0 Å². The summed E-state index contributed by atoms with van der Waals surface area (Å²) in [5.41, 5.74) is 0. The molecule has 2 heteroatoms. The van der Waals surface area contributed by atoms with Crippen molar-refractivity contribution in [1.82, 2.24) is 10.2 Å². The Hall–Kier alpha value is -0.0800. The van der Waals surface area contributed by atoms with Gasteiger partial charge in [-0.05, 0) is 44.7 Å². The van der Waals surface area contributed by atoms with E-state index in [9.17, 15) is 0 Å². The molecule has 1 aliphatic carbocycles. The van der Waals surface area contributed by atoms with Crippen LogP contribution >= 0.6 is 0 Å². The molecular formula is C11H22N2. The van der Waals surface area contributed by atoms with Gasteiger partial charge in [-0.2, -0.15) is 0 Å². The van der Waals surface area contributed by atoms with Gasteiger partial charge in [0.05, 0.1) is 0 Å². The first-order chi connectivity index (χ1) is 6.38. The van der Waals surface area contributed by atoms with E-state index in [1.165, 1.54) is 51.9 Å². The van der Waals surface area contributed by atoms with E-state index in [4.69, 9.17) is 0 Å². The monoisotopic (exact) mass is 182 g/mol. The molecule has 0 bridgehead atoms. The summed E-state index contributed by atoms with van der Waals surface area (Å²) in [5, 5.41) is 3.61. The molecule has 2 rings (SSSR count). The Balaban J connectivity index is 1.61. The van der Waals surface area contributed by atoms with Crippen LogP contribution in [0.15, 0.2) is 0 Å². The molecule has 2 nitrogen and oxygen atoms in total. The summed E-state index contributed by atoms with van der Waals surface area (Å²) < 4.78 is 0. The fourth-order valence-corrected chi connectivity index (χ4v) is 2.18. The summed E-state index contributed by atoms with van der Waals surface area (Å²) >= 11 is 0. The van der Waals surface area contributed by atoms with E-state index in [0.717, 1.165) is 12.0 Å². The average Bonchev–Trinajstić information content (AvgIpc) is 2.81. The standard InChI is InChI=1S/C11H22N2/c1-2-6-12-11-5-7-13(9-11)8-10-3-4-10/h10-12H,2-9H2,1H3.